The average Bonchev–Trinajstić information content (AvgIpc) is 2.53. The zero-order valence-electron chi connectivity index (χ0n) is 16.3. The van der Waals surface area contributed by atoms with Gasteiger partial charge in [-0.25, -0.2) is 9.59 Å². The molecule has 6 nitrogen and oxygen atoms in total. The Bertz CT molecular complexity index is 546. The number of likely N-dealkylation sites (tertiary alicyclic amines) is 1. The maximum absolute atomic E-state index is 14.6. The van der Waals surface area contributed by atoms with Crippen LogP contribution in [0.2, 0.25) is 0 Å². The fraction of sp³-hybridized carbons (Fsp3) is 0.824. The lowest BCUT2D eigenvalue weighted by molar-refractivity contribution is -0.190. The highest BCUT2D eigenvalue weighted by molar-refractivity contribution is 8.20. The van der Waals surface area contributed by atoms with Gasteiger partial charge in [-0.1, -0.05) is 12.2 Å². The highest BCUT2D eigenvalue weighted by atomic mass is 32.2. The summed E-state index contributed by atoms with van der Waals surface area (Å²) in [5.74, 6) is -6.07. The highest BCUT2D eigenvalue weighted by Gasteiger charge is 2.54. The first-order chi connectivity index (χ1) is 12.4. The summed E-state index contributed by atoms with van der Waals surface area (Å²) in [5.41, 5.74) is -0.635. The number of ether oxygens (including phenoxy) is 2. The lowest BCUT2D eigenvalue weighted by Crippen LogP contribution is -2.51. The normalized spacial score (nSPS) is 17.4. The molecule has 1 aliphatic heterocycles. The summed E-state index contributed by atoms with van der Waals surface area (Å²) in [7, 11) is 0. The third kappa shape index (κ3) is 7.50. The predicted molar refractivity (Wildman–Crippen MR) is 103 cm³/mol. The van der Waals surface area contributed by atoms with Crippen LogP contribution in [-0.4, -0.2) is 58.5 Å². The van der Waals surface area contributed by atoms with E-state index < -0.39 is 35.6 Å². The maximum atomic E-state index is 14.6. The quantitative estimate of drug-likeness (QED) is 0.357. The average molecular weight is 428 g/mol. The molecule has 0 saturated carbocycles. The van der Waals surface area contributed by atoms with Crippen LogP contribution in [0.4, 0.5) is 13.6 Å². The summed E-state index contributed by atoms with van der Waals surface area (Å²) >= 11 is 5.51. The molecule has 0 aromatic heterocycles. The molecule has 1 atom stereocenters. The summed E-state index contributed by atoms with van der Waals surface area (Å²) in [4.78, 5) is 25.3. The zero-order chi connectivity index (χ0) is 20.8. The fourth-order valence-electron chi connectivity index (χ4n) is 2.61. The van der Waals surface area contributed by atoms with Crippen molar-refractivity contribution in [3.8, 4) is 0 Å². The Morgan fingerprint density at radius 3 is 2.26 bits per heavy atom. The van der Waals surface area contributed by atoms with E-state index in [-0.39, 0.29) is 32.5 Å². The minimum Gasteiger partial charge on any atom is -0.461 e. The number of carbonyl (C=O) groups is 2. The molecule has 0 spiro atoms. The third-order valence-corrected chi connectivity index (χ3v) is 4.54. The van der Waals surface area contributed by atoms with Crippen LogP contribution in [-0.2, 0) is 18.5 Å². The molecule has 10 heteroatoms. The number of carbonyl (C=O) groups excluding carboxylic acids is 2. The van der Waals surface area contributed by atoms with Crippen molar-refractivity contribution in [2.24, 2.45) is 5.92 Å². The van der Waals surface area contributed by atoms with Gasteiger partial charge in [-0.05, 0) is 53.4 Å². The Hall–Kier alpha value is -1.00. The second kappa shape index (κ2) is 9.97. The van der Waals surface area contributed by atoms with Crippen molar-refractivity contribution < 1.29 is 32.0 Å². The first-order valence-corrected chi connectivity index (χ1v) is 9.90. The van der Waals surface area contributed by atoms with E-state index in [2.05, 4.69) is 4.74 Å². The second-order valence-electron chi connectivity index (χ2n) is 7.24. The van der Waals surface area contributed by atoms with Crippen LogP contribution in [0.1, 0.15) is 47.5 Å². The monoisotopic (exact) mass is 427 g/mol. The van der Waals surface area contributed by atoms with E-state index >= 15 is 0 Å². The van der Waals surface area contributed by atoms with Crippen LogP contribution in [0.5, 0.6) is 0 Å². The van der Waals surface area contributed by atoms with Gasteiger partial charge in [0.2, 0.25) is 0 Å². The molecule has 0 aliphatic carbocycles. The molecule has 1 unspecified atom stereocenters. The van der Waals surface area contributed by atoms with E-state index in [9.17, 15) is 18.4 Å². The van der Waals surface area contributed by atoms with Gasteiger partial charge in [-0.15, -0.1) is 0 Å². The van der Waals surface area contributed by atoms with Crippen molar-refractivity contribution >= 4 is 40.5 Å². The van der Waals surface area contributed by atoms with E-state index in [4.69, 9.17) is 21.1 Å². The van der Waals surface area contributed by atoms with Crippen LogP contribution in [0, 0.1) is 5.92 Å². The number of hydrogen-bond acceptors (Lipinski definition) is 7. The zero-order valence-corrected chi connectivity index (χ0v) is 17.9. The molecule has 0 aromatic carbocycles. The molecular weight excluding hydrogens is 400 g/mol. The molecule has 27 heavy (non-hydrogen) atoms. The van der Waals surface area contributed by atoms with E-state index in [1.165, 1.54) is 11.8 Å². The molecule has 1 rings (SSSR count). The largest absolute Gasteiger partial charge is 0.461 e. The Kier molecular flexibility index (Phi) is 8.88. The van der Waals surface area contributed by atoms with Gasteiger partial charge >= 0.3 is 18.0 Å². The molecule has 1 fully saturated rings. The van der Waals surface area contributed by atoms with Crippen molar-refractivity contribution in [1.82, 2.24) is 4.90 Å². The van der Waals surface area contributed by atoms with Gasteiger partial charge in [0.05, 0.1) is 10.8 Å². The molecule has 156 valence electrons. The fourth-order valence-corrected chi connectivity index (χ4v) is 3.24. The van der Waals surface area contributed by atoms with Gasteiger partial charge < -0.3 is 14.4 Å². The number of halogens is 2. The Labute approximate surface area is 168 Å². The van der Waals surface area contributed by atoms with Crippen molar-refractivity contribution in [3.63, 3.8) is 0 Å². The van der Waals surface area contributed by atoms with Gasteiger partial charge in [-0.3, -0.25) is 4.18 Å². The summed E-state index contributed by atoms with van der Waals surface area (Å²) < 4.78 is 44.6. The molecule has 1 heterocycles. The summed E-state index contributed by atoms with van der Waals surface area (Å²) in [6.07, 6.45) is -1.69. The van der Waals surface area contributed by atoms with Crippen LogP contribution in [0.15, 0.2) is 0 Å². The number of rotatable bonds is 6. The van der Waals surface area contributed by atoms with Crippen molar-refractivity contribution in [1.29, 1.82) is 0 Å². The number of nitrogens with zero attached hydrogens (tertiary/aromatic N) is 1. The number of alkyl halides is 2. The van der Waals surface area contributed by atoms with Crippen LogP contribution >= 0.6 is 24.3 Å². The molecule has 1 aliphatic rings. The van der Waals surface area contributed by atoms with E-state index in [1.807, 2.05) is 0 Å². The second-order valence-corrected chi connectivity index (χ2v) is 9.08. The lowest BCUT2D eigenvalue weighted by Gasteiger charge is -2.37. The summed E-state index contributed by atoms with van der Waals surface area (Å²) in [5, 5.41) is 0. The maximum Gasteiger partial charge on any atom is 0.410 e. The van der Waals surface area contributed by atoms with Gasteiger partial charge in [-0.2, -0.15) is 8.78 Å². The van der Waals surface area contributed by atoms with Crippen molar-refractivity contribution in [2.45, 2.75) is 65.1 Å². The van der Waals surface area contributed by atoms with Gasteiger partial charge in [0.25, 0.3) is 0 Å². The predicted octanol–water partition coefficient (Wildman–Crippen LogP) is 4.21. The number of amides is 1. The minimum absolute atomic E-state index is 0.155. The molecule has 1 amide bonds. The lowest BCUT2D eigenvalue weighted by atomic mass is 9.88. The van der Waals surface area contributed by atoms with Crippen molar-refractivity contribution in [2.75, 3.05) is 19.7 Å². The molecule has 0 radical (unpaired) electrons. The molecule has 0 N–H and O–H groups in total. The SMILES string of the molecule is CCOC(=O)C(F)(F)C(OSC(C)=S)C1CCN(C(=O)OC(C)(C)C)CC1. The first-order valence-electron chi connectivity index (χ1n) is 8.75. The van der Waals surface area contributed by atoms with Crippen LogP contribution in [0.25, 0.3) is 0 Å². The highest BCUT2D eigenvalue weighted by Crippen LogP contribution is 2.37. The number of piperidine rings is 1. The Morgan fingerprint density at radius 2 is 1.81 bits per heavy atom. The summed E-state index contributed by atoms with van der Waals surface area (Å²) in [6.45, 7) is 8.59. The van der Waals surface area contributed by atoms with Crippen LogP contribution in [0.3, 0.4) is 0 Å². The van der Waals surface area contributed by atoms with Crippen LogP contribution < -0.4 is 0 Å². The summed E-state index contributed by atoms with van der Waals surface area (Å²) in [6, 6.07) is 0. The number of esters is 1. The van der Waals surface area contributed by atoms with Gasteiger partial charge in [0.15, 0.2) is 6.10 Å². The molecule has 1 saturated heterocycles. The van der Waals surface area contributed by atoms with E-state index in [1.54, 1.807) is 27.7 Å². The number of thiocarbonyl (C=S) groups is 1. The topological polar surface area (TPSA) is 65.1 Å². The van der Waals surface area contributed by atoms with Crippen molar-refractivity contribution in [3.05, 3.63) is 0 Å². The molecular formula is C17H27F2NO5S2. The van der Waals surface area contributed by atoms with Gasteiger partial charge in [0, 0.05) is 25.1 Å². The Balaban J connectivity index is 2.82. The number of hydrogen-bond donors (Lipinski definition) is 0. The van der Waals surface area contributed by atoms with E-state index in [0.29, 0.717) is 16.2 Å². The third-order valence-electron chi connectivity index (χ3n) is 3.79. The standard InChI is InChI=1S/C17H27F2NO5S2/c1-6-23-14(21)17(18,19)13(25-27-11(2)26)12-7-9-20(10-8-12)15(22)24-16(3,4)5/h12-13H,6-10H2,1-5H3. The van der Waals surface area contributed by atoms with E-state index in [0.717, 1.165) is 0 Å². The van der Waals surface area contributed by atoms with Gasteiger partial charge in [0.1, 0.15) is 5.60 Å². The minimum atomic E-state index is -3.81. The molecule has 0 aromatic rings. The Morgan fingerprint density at radius 1 is 1.26 bits per heavy atom. The smallest absolute Gasteiger partial charge is 0.410 e. The molecule has 0 bridgehead atoms. The first kappa shape index (κ1) is 24.0.